The van der Waals surface area contributed by atoms with Crippen LogP contribution in [0.1, 0.15) is 22.5 Å². The zero-order chi connectivity index (χ0) is 13.8. The summed E-state index contributed by atoms with van der Waals surface area (Å²) in [5, 5.41) is 13.2. The molecule has 1 heterocycles. The van der Waals surface area contributed by atoms with E-state index in [1.165, 1.54) is 0 Å². The summed E-state index contributed by atoms with van der Waals surface area (Å²) in [5.41, 5.74) is 4.01. The maximum absolute atomic E-state index is 9.19. The Balaban J connectivity index is 2.25. The lowest BCUT2D eigenvalue weighted by Crippen LogP contribution is -2.04. The number of benzene rings is 1. The van der Waals surface area contributed by atoms with Crippen LogP contribution in [0.4, 0.5) is 5.69 Å². The van der Waals surface area contributed by atoms with Crippen molar-refractivity contribution in [3.05, 3.63) is 57.9 Å². The Bertz CT molecular complexity index is 644. The zero-order valence-corrected chi connectivity index (χ0v) is 11.6. The number of anilines is 1. The van der Waals surface area contributed by atoms with Crippen LogP contribution in [0.15, 0.2) is 30.3 Å². The Labute approximate surface area is 117 Å². The summed E-state index contributed by atoms with van der Waals surface area (Å²) >= 11 is 6.11. The highest BCUT2D eigenvalue weighted by Gasteiger charge is 2.08. The molecule has 96 valence electrons. The van der Waals surface area contributed by atoms with Crippen molar-refractivity contribution in [1.29, 1.82) is 5.26 Å². The van der Waals surface area contributed by atoms with Gasteiger partial charge in [0.25, 0.3) is 0 Å². The Hall–Kier alpha value is -2.05. The number of aromatic nitrogens is 1. The molecule has 2 aromatic rings. The van der Waals surface area contributed by atoms with Crippen LogP contribution in [-0.2, 0) is 6.54 Å². The maximum Gasteiger partial charge on any atom is 0.103 e. The highest BCUT2D eigenvalue weighted by Crippen LogP contribution is 2.21. The van der Waals surface area contributed by atoms with Gasteiger partial charge in [0.05, 0.1) is 16.9 Å². The largest absolute Gasteiger partial charge is 0.380 e. The number of halogens is 1. The molecule has 19 heavy (non-hydrogen) atoms. The molecule has 0 atom stereocenters. The fourth-order valence-electron chi connectivity index (χ4n) is 1.94. The fourth-order valence-corrected chi connectivity index (χ4v) is 2.14. The van der Waals surface area contributed by atoms with Crippen molar-refractivity contribution < 1.29 is 0 Å². The van der Waals surface area contributed by atoms with Gasteiger partial charge in [-0.1, -0.05) is 29.8 Å². The number of nitrogens with one attached hydrogen (secondary N) is 1. The van der Waals surface area contributed by atoms with Crippen LogP contribution in [0.5, 0.6) is 0 Å². The highest BCUT2D eigenvalue weighted by molar-refractivity contribution is 6.31. The minimum Gasteiger partial charge on any atom is -0.380 e. The average Bonchev–Trinajstić information content (AvgIpc) is 2.37. The third kappa shape index (κ3) is 3.04. The number of hydrogen-bond acceptors (Lipinski definition) is 3. The van der Waals surface area contributed by atoms with Gasteiger partial charge in [0, 0.05) is 17.3 Å². The molecular weight excluding hydrogens is 258 g/mol. The summed E-state index contributed by atoms with van der Waals surface area (Å²) in [6.45, 7) is 4.33. The lowest BCUT2D eigenvalue weighted by Gasteiger charge is -2.11. The minimum absolute atomic E-state index is 0.581. The van der Waals surface area contributed by atoms with Crippen LogP contribution >= 0.6 is 11.6 Å². The van der Waals surface area contributed by atoms with Crippen LogP contribution in [-0.4, -0.2) is 4.98 Å². The van der Waals surface area contributed by atoms with E-state index < -0.39 is 0 Å². The SMILES string of the molecule is Cc1cc(NCc2ccccc2Cl)c(C#N)c(C)n1. The van der Waals surface area contributed by atoms with E-state index in [-0.39, 0.29) is 0 Å². The lowest BCUT2D eigenvalue weighted by atomic mass is 10.1. The number of hydrogen-bond donors (Lipinski definition) is 1. The number of pyridine rings is 1. The molecule has 1 aromatic carbocycles. The molecule has 0 bridgehead atoms. The van der Waals surface area contributed by atoms with Crippen molar-refractivity contribution in [1.82, 2.24) is 4.98 Å². The van der Waals surface area contributed by atoms with E-state index in [1.807, 2.05) is 44.2 Å². The summed E-state index contributed by atoms with van der Waals surface area (Å²) in [5.74, 6) is 0. The van der Waals surface area contributed by atoms with Crippen molar-refractivity contribution in [3.8, 4) is 6.07 Å². The van der Waals surface area contributed by atoms with E-state index in [2.05, 4.69) is 16.4 Å². The first-order chi connectivity index (χ1) is 9.11. The molecule has 0 amide bonds. The van der Waals surface area contributed by atoms with Gasteiger partial charge in [-0.05, 0) is 31.5 Å². The van der Waals surface area contributed by atoms with Crippen molar-refractivity contribution >= 4 is 17.3 Å². The summed E-state index contributed by atoms with van der Waals surface area (Å²) < 4.78 is 0. The molecule has 0 saturated carbocycles. The predicted molar refractivity (Wildman–Crippen MR) is 77.2 cm³/mol. The van der Waals surface area contributed by atoms with E-state index >= 15 is 0 Å². The molecule has 1 N–H and O–H groups in total. The molecule has 0 aliphatic carbocycles. The first-order valence-electron chi connectivity index (χ1n) is 5.97. The van der Waals surface area contributed by atoms with Gasteiger partial charge in [-0.2, -0.15) is 5.26 Å². The zero-order valence-electron chi connectivity index (χ0n) is 10.9. The molecule has 0 unspecified atom stereocenters. The molecule has 0 radical (unpaired) electrons. The molecular formula is C15H14ClN3. The molecule has 0 saturated heterocycles. The smallest absolute Gasteiger partial charge is 0.103 e. The lowest BCUT2D eigenvalue weighted by molar-refractivity contribution is 1.08. The molecule has 0 fully saturated rings. The predicted octanol–water partition coefficient (Wildman–Crippen LogP) is 3.84. The van der Waals surface area contributed by atoms with Crippen LogP contribution in [0.2, 0.25) is 5.02 Å². The highest BCUT2D eigenvalue weighted by atomic mass is 35.5. The van der Waals surface area contributed by atoms with Gasteiger partial charge in [0.1, 0.15) is 6.07 Å². The normalized spacial score (nSPS) is 10.0. The molecule has 2 rings (SSSR count). The summed E-state index contributed by atoms with van der Waals surface area (Å²) in [6.07, 6.45) is 0. The van der Waals surface area contributed by atoms with Gasteiger partial charge in [-0.15, -0.1) is 0 Å². The molecule has 0 spiro atoms. The van der Waals surface area contributed by atoms with Crippen molar-refractivity contribution in [2.24, 2.45) is 0 Å². The number of nitrogens with zero attached hydrogens (tertiary/aromatic N) is 2. The Kier molecular flexibility index (Phi) is 4.03. The molecule has 3 nitrogen and oxygen atoms in total. The van der Waals surface area contributed by atoms with E-state index in [4.69, 9.17) is 11.6 Å². The molecule has 0 aliphatic rings. The average molecular weight is 272 g/mol. The van der Waals surface area contributed by atoms with E-state index in [9.17, 15) is 5.26 Å². The van der Waals surface area contributed by atoms with Gasteiger partial charge < -0.3 is 5.32 Å². The van der Waals surface area contributed by atoms with Crippen LogP contribution in [0.25, 0.3) is 0 Å². The van der Waals surface area contributed by atoms with E-state index in [1.54, 1.807) is 0 Å². The third-order valence-corrected chi connectivity index (χ3v) is 3.24. The van der Waals surface area contributed by atoms with Crippen molar-refractivity contribution in [3.63, 3.8) is 0 Å². The van der Waals surface area contributed by atoms with Gasteiger partial charge in [0.2, 0.25) is 0 Å². The monoisotopic (exact) mass is 271 g/mol. The van der Waals surface area contributed by atoms with Crippen LogP contribution < -0.4 is 5.32 Å². The Morgan fingerprint density at radius 3 is 2.74 bits per heavy atom. The van der Waals surface area contributed by atoms with Crippen LogP contribution in [0.3, 0.4) is 0 Å². The molecule has 1 aromatic heterocycles. The van der Waals surface area contributed by atoms with Gasteiger partial charge in [-0.3, -0.25) is 4.98 Å². The van der Waals surface area contributed by atoms with Crippen molar-refractivity contribution in [2.75, 3.05) is 5.32 Å². The second kappa shape index (κ2) is 5.73. The quantitative estimate of drug-likeness (QED) is 0.923. The van der Waals surface area contributed by atoms with E-state index in [0.717, 1.165) is 27.7 Å². The third-order valence-electron chi connectivity index (χ3n) is 2.87. The van der Waals surface area contributed by atoms with E-state index in [0.29, 0.717) is 12.1 Å². The summed E-state index contributed by atoms with van der Waals surface area (Å²) in [4.78, 5) is 4.29. The first-order valence-corrected chi connectivity index (χ1v) is 6.35. The second-order valence-electron chi connectivity index (χ2n) is 4.33. The van der Waals surface area contributed by atoms with Gasteiger partial charge in [-0.25, -0.2) is 0 Å². The number of nitriles is 1. The second-order valence-corrected chi connectivity index (χ2v) is 4.74. The topological polar surface area (TPSA) is 48.7 Å². The molecule has 4 heteroatoms. The number of aryl methyl sites for hydroxylation is 2. The minimum atomic E-state index is 0.581. The summed E-state index contributed by atoms with van der Waals surface area (Å²) in [6, 6.07) is 11.7. The molecule has 0 aliphatic heterocycles. The first kappa shape index (κ1) is 13.4. The Morgan fingerprint density at radius 1 is 1.32 bits per heavy atom. The van der Waals surface area contributed by atoms with Crippen LogP contribution in [0, 0.1) is 25.2 Å². The number of rotatable bonds is 3. The van der Waals surface area contributed by atoms with Crippen molar-refractivity contribution in [2.45, 2.75) is 20.4 Å². The van der Waals surface area contributed by atoms with Gasteiger partial charge >= 0.3 is 0 Å². The summed E-state index contributed by atoms with van der Waals surface area (Å²) in [7, 11) is 0. The maximum atomic E-state index is 9.19. The Morgan fingerprint density at radius 2 is 2.05 bits per heavy atom. The van der Waals surface area contributed by atoms with Gasteiger partial charge in [0.15, 0.2) is 0 Å². The standard InChI is InChI=1S/C15H14ClN3/c1-10-7-15(13(8-17)11(2)19-10)18-9-12-5-3-4-6-14(12)16/h3-7H,9H2,1-2H3,(H,18,19). The fraction of sp³-hybridized carbons (Fsp3) is 0.200.